The van der Waals surface area contributed by atoms with Gasteiger partial charge in [0.05, 0.1) is 25.4 Å². The molecule has 0 aliphatic carbocycles. The van der Waals surface area contributed by atoms with Crippen LogP contribution in [0, 0.1) is 0 Å². The summed E-state index contributed by atoms with van der Waals surface area (Å²) in [6.45, 7) is 1.21. The number of fused-ring (bicyclic) bond motifs is 1. The van der Waals surface area contributed by atoms with Gasteiger partial charge in [0, 0.05) is 5.56 Å². The average Bonchev–Trinajstić information content (AvgIpc) is 2.81. The highest BCUT2D eigenvalue weighted by Gasteiger charge is 2.36. The molecule has 23 heavy (non-hydrogen) atoms. The Labute approximate surface area is 135 Å². The Morgan fingerprint density at radius 3 is 2.43 bits per heavy atom. The first-order chi connectivity index (χ1) is 11.1. The second kappa shape index (κ2) is 6.22. The van der Waals surface area contributed by atoms with Crippen molar-refractivity contribution in [1.82, 2.24) is 0 Å². The highest BCUT2D eigenvalue weighted by atomic mass is 16.5. The molecule has 1 unspecified atom stereocenters. The summed E-state index contributed by atoms with van der Waals surface area (Å²) in [5.74, 6) is -0.0428. The van der Waals surface area contributed by atoms with Gasteiger partial charge < -0.3 is 9.64 Å². The zero-order valence-corrected chi connectivity index (χ0v) is 13.2. The minimum absolute atomic E-state index is 0.419. The van der Waals surface area contributed by atoms with Crippen molar-refractivity contribution in [3.63, 3.8) is 0 Å². The number of amides is 1. The zero-order valence-electron chi connectivity index (χ0n) is 13.2. The van der Waals surface area contributed by atoms with Gasteiger partial charge in [-0.25, -0.2) is 0 Å². The molecular formula is C18H19N2O3+. The van der Waals surface area contributed by atoms with E-state index in [1.807, 2.05) is 43.4 Å². The third-order valence-corrected chi connectivity index (χ3v) is 3.97. The van der Waals surface area contributed by atoms with Crippen LogP contribution in [0.2, 0.25) is 0 Å². The summed E-state index contributed by atoms with van der Waals surface area (Å²) in [6.07, 6.45) is 0. The van der Waals surface area contributed by atoms with E-state index >= 15 is 0 Å². The summed E-state index contributed by atoms with van der Waals surface area (Å²) < 4.78 is 5.15. The lowest BCUT2D eigenvalue weighted by atomic mass is 10.1. The van der Waals surface area contributed by atoms with Gasteiger partial charge in [-0.05, 0) is 36.4 Å². The number of nitrogens with one attached hydrogen (secondary N) is 1. The first-order valence-electron chi connectivity index (χ1n) is 7.49. The summed E-state index contributed by atoms with van der Waals surface area (Å²) in [5.41, 5.74) is 2.35. The number of quaternary nitrogens is 1. The van der Waals surface area contributed by atoms with Gasteiger partial charge in [-0.2, -0.15) is 0 Å². The van der Waals surface area contributed by atoms with Crippen molar-refractivity contribution >= 4 is 17.4 Å². The second-order valence-electron chi connectivity index (χ2n) is 5.72. The Bertz CT molecular complexity index is 740. The van der Waals surface area contributed by atoms with Crippen molar-refractivity contribution in [2.45, 2.75) is 6.54 Å². The van der Waals surface area contributed by atoms with Crippen LogP contribution in [0.4, 0.5) is 5.69 Å². The topological polar surface area (TPSA) is 51.1 Å². The minimum atomic E-state index is -0.444. The van der Waals surface area contributed by atoms with Crippen molar-refractivity contribution in [3.8, 4) is 5.75 Å². The molecule has 3 rings (SSSR count). The number of ketones is 1. The molecule has 5 heteroatoms. The van der Waals surface area contributed by atoms with Crippen LogP contribution in [0.5, 0.6) is 5.75 Å². The van der Waals surface area contributed by atoms with Crippen LogP contribution in [0.3, 0.4) is 0 Å². The largest absolute Gasteiger partial charge is 0.497 e. The highest BCUT2D eigenvalue weighted by Crippen LogP contribution is 2.27. The van der Waals surface area contributed by atoms with E-state index in [0.29, 0.717) is 17.9 Å². The second-order valence-corrected chi connectivity index (χ2v) is 5.72. The van der Waals surface area contributed by atoms with Gasteiger partial charge in [0.2, 0.25) is 0 Å². The normalized spacial score (nSPS) is 14.8. The molecule has 0 saturated carbocycles. The van der Waals surface area contributed by atoms with E-state index in [1.165, 1.54) is 0 Å². The number of nitrogens with zero attached hydrogens (tertiary/aromatic N) is 1. The van der Waals surface area contributed by atoms with Gasteiger partial charge in [0.15, 0.2) is 6.67 Å². The third kappa shape index (κ3) is 2.96. The molecule has 0 aromatic heterocycles. The Kier molecular flexibility index (Phi) is 4.12. The molecule has 0 fully saturated rings. The summed E-state index contributed by atoms with van der Waals surface area (Å²) in [6, 6.07) is 15.0. The van der Waals surface area contributed by atoms with Crippen LogP contribution in [0.25, 0.3) is 0 Å². The summed E-state index contributed by atoms with van der Waals surface area (Å²) in [4.78, 5) is 26.9. The van der Waals surface area contributed by atoms with Crippen LogP contribution in [0.1, 0.15) is 15.9 Å². The number of Topliss-reactive ketones (excluding diaryl/α,β-unsaturated/α-hetero) is 1. The number of anilines is 1. The number of methoxy groups -OCH3 is 1. The molecule has 0 spiro atoms. The predicted molar refractivity (Wildman–Crippen MR) is 86.7 cm³/mol. The molecule has 2 aromatic rings. The molecule has 5 nitrogen and oxygen atoms in total. The Morgan fingerprint density at radius 2 is 1.74 bits per heavy atom. The van der Waals surface area contributed by atoms with E-state index in [9.17, 15) is 9.59 Å². The lowest BCUT2D eigenvalue weighted by Crippen LogP contribution is -3.09. The Balaban J connectivity index is 1.71. The fraction of sp³-hybridized carbons (Fsp3) is 0.222. The van der Waals surface area contributed by atoms with Crippen LogP contribution in [-0.4, -0.2) is 32.5 Å². The van der Waals surface area contributed by atoms with E-state index in [1.54, 1.807) is 24.1 Å². The van der Waals surface area contributed by atoms with Crippen LogP contribution >= 0.6 is 0 Å². The molecule has 0 radical (unpaired) electrons. The molecule has 1 aliphatic heterocycles. The molecule has 1 heterocycles. The quantitative estimate of drug-likeness (QED) is 0.835. The number of para-hydroxylation sites is 1. The van der Waals surface area contributed by atoms with Crippen molar-refractivity contribution in [1.29, 1.82) is 0 Å². The SMILES string of the molecule is COc1ccc(C[NH+](C)CN2C(=O)C(=O)c3ccccc32)cc1. The van der Waals surface area contributed by atoms with Crippen LogP contribution < -0.4 is 14.5 Å². The minimum Gasteiger partial charge on any atom is -0.497 e. The molecule has 118 valence electrons. The summed E-state index contributed by atoms with van der Waals surface area (Å²) >= 11 is 0. The number of rotatable bonds is 5. The average molecular weight is 311 g/mol. The zero-order chi connectivity index (χ0) is 16.4. The van der Waals surface area contributed by atoms with E-state index in [-0.39, 0.29) is 0 Å². The highest BCUT2D eigenvalue weighted by molar-refractivity contribution is 6.52. The van der Waals surface area contributed by atoms with Crippen LogP contribution in [0.15, 0.2) is 48.5 Å². The number of carbonyl (C=O) groups excluding carboxylic acids is 2. The van der Waals surface area contributed by atoms with Gasteiger partial charge in [0.25, 0.3) is 5.78 Å². The van der Waals surface area contributed by atoms with Gasteiger partial charge >= 0.3 is 5.91 Å². The third-order valence-electron chi connectivity index (χ3n) is 3.97. The molecule has 1 N–H and O–H groups in total. The lowest BCUT2D eigenvalue weighted by molar-refractivity contribution is -0.892. The summed E-state index contributed by atoms with van der Waals surface area (Å²) in [5, 5.41) is 0. The number of hydrogen-bond acceptors (Lipinski definition) is 3. The lowest BCUT2D eigenvalue weighted by Gasteiger charge is -2.21. The molecule has 2 aromatic carbocycles. The van der Waals surface area contributed by atoms with Crippen molar-refractivity contribution < 1.29 is 19.2 Å². The monoisotopic (exact) mass is 311 g/mol. The van der Waals surface area contributed by atoms with Gasteiger partial charge in [-0.3, -0.25) is 14.5 Å². The first-order valence-corrected chi connectivity index (χ1v) is 7.49. The van der Waals surface area contributed by atoms with Crippen molar-refractivity contribution in [2.24, 2.45) is 0 Å². The maximum Gasteiger partial charge on any atom is 0.303 e. The number of ether oxygens (including phenoxy) is 1. The Morgan fingerprint density at radius 1 is 1.04 bits per heavy atom. The van der Waals surface area contributed by atoms with E-state index in [0.717, 1.165) is 22.8 Å². The van der Waals surface area contributed by atoms with Crippen molar-refractivity contribution in [3.05, 3.63) is 59.7 Å². The van der Waals surface area contributed by atoms with Crippen LogP contribution in [-0.2, 0) is 11.3 Å². The molecule has 1 atom stereocenters. The molecule has 1 amide bonds. The van der Waals surface area contributed by atoms with E-state index in [4.69, 9.17) is 4.74 Å². The molecule has 0 bridgehead atoms. The molecule has 1 aliphatic rings. The van der Waals surface area contributed by atoms with Gasteiger partial charge in [0.1, 0.15) is 12.3 Å². The maximum absolute atomic E-state index is 12.2. The van der Waals surface area contributed by atoms with Gasteiger partial charge in [-0.15, -0.1) is 0 Å². The van der Waals surface area contributed by atoms with E-state index < -0.39 is 11.7 Å². The number of benzene rings is 2. The fourth-order valence-corrected chi connectivity index (χ4v) is 2.82. The fourth-order valence-electron chi connectivity index (χ4n) is 2.82. The summed E-state index contributed by atoms with van der Waals surface area (Å²) in [7, 11) is 3.64. The Hall–Kier alpha value is -2.66. The molecule has 0 saturated heterocycles. The number of hydrogen-bond donors (Lipinski definition) is 1. The van der Waals surface area contributed by atoms with Gasteiger partial charge in [-0.1, -0.05) is 12.1 Å². The van der Waals surface area contributed by atoms with E-state index in [2.05, 4.69) is 0 Å². The maximum atomic E-state index is 12.2. The first kappa shape index (κ1) is 15.2. The van der Waals surface area contributed by atoms with Crippen molar-refractivity contribution in [2.75, 3.05) is 25.7 Å². The number of carbonyl (C=O) groups is 2. The molecular weight excluding hydrogens is 292 g/mol. The predicted octanol–water partition coefficient (Wildman–Crippen LogP) is 0.897. The smallest absolute Gasteiger partial charge is 0.303 e. The standard InChI is InChI=1S/C18H18N2O3/c1-19(11-13-7-9-14(23-2)10-8-13)12-20-16-6-4-3-5-15(16)17(21)18(20)22/h3-10H,11-12H2,1-2H3/p+1.